The normalized spacial score (nSPS) is 27.3. The number of rotatable bonds is 2. The van der Waals surface area contributed by atoms with Crippen molar-refractivity contribution in [3.05, 3.63) is 6.55 Å². The molecule has 2 fully saturated rings. The summed E-state index contributed by atoms with van der Waals surface area (Å²) in [5, 5.41) is 0. The monoisotopic (exact) mass is 320 g/mol. The van der Waals surface area contributed by atoms with Crippen LogP contribution in [0.1, 0.15) is 0 Å². The van der Waals surface area contributed by atoms with Gasteiger partial charge in [-0.2, -0.15) is 0 Å². The Labute approximate surface area is 150 Å². The molecule has 0 aromatic carbocycles. The van der Waals surface area contributed by atoms with E-state index < -0.39 is 8.07 Å². The number of nitrogens with zero attached hydrogens (tertiary/aromatic N) is 6. The largest absolute Gasteiger partial charge is 1.00 e. The molecule has 22 heavy (non-hydrogen) atoms. The predicted octanol–water partition coefficient (Wildman–Crippen LogP) is -3.38. The second-order valence-corrected chi connectivity index (χ2v) is 11.6. The van der Waals surface area contributed by atoms with Crippen molar-refractivity contribution >= 4 is 8.07 Å². The van der Waals surface area contributed by atoms with Gasteiger partial charge in [0.1, 0.15) is 0 Å². The zero-order valence-corrected chi connectivity index (χ0v) is 16.9. The van der Waals surface area contributed by atoms with Crippen LogP contribution in [0.25, 0.3) is 0 Å². The average molecular weight is 320 g/mol. The third-order valence-corrected chi connectivity index (χ3v) is 8.83. The van der Waals surface area contributed by atoms with E-state index in [1.807, 2.05) is 0 Å². The molecule has 0 aromatic rings. The first-order chi connectivity index (χ1) is 9.64. The molecule has 0 amide bonds. The van der Waals surface area contributed by atoms with Crippen molar-refractivity contribution in [2.45, 2.75) is 18.1 Å². The van der Waals surface area contributed by atoms with E-state index in [9.17, 15) is 0 Å². The van der Waals surface area contributed by atoms with Gasteiger partial charge in [-0.1, -0.05) is 6.55 Å². The van der Waals surface area contributed by atoms with Gasteiger partial charge in [0.05, 0.1) is 26.7 Å². The Morgan fingerprint density at radius 2 is 0.909 bits per heavy atom. The summed E-state index contributed by atoms with van der Waals surface area (Å²) in [6, 6.07) is 0. The van der Waals surface area contributed by atoms with Crippen LogP contribution in [0.3, 0.4) is 0 Å². The molecule has 0 atom stereocenters. The van der Waals surface area contributed by atoms with Crippen LogP contribution in [0, 0.1) is 6.55 Å². The Balaban J connectivity index is 0.00000242. The molecule has 0 aliphatic carbocycles. The molecule has 0 unspecified atom stereocenters. The van der Waals surface area contributed by atoms with Gasteiger partial charge in [-0.3, -0.25) is 29.4 Å². The van der Waals surface area contributed by atoms with Crippen molar-refractivity contribution < 1.29 is 18.9 Å². The van der Waals surface area contributed by atoms with E-state index in [2.05, 4.69) is 78.2 Å². The predicted molar refractivity (Wildman–Crippen MR) is 90.6 cm³/mol. The van der Waals surface area contributed by atoms with Crippen LogP contribution >= 0.6 is 0 Å². The average Bonchev–Trinajstić information content (AvgIpc) is 2.23. The van der Waals surface area contributed by atoms with Crippen molar-refractivity contribution in [1.29, 1.82) is 0 Å². The van der Waals surface area contributed by atoms with Gasteiger partial charge in [0.15, 0.2) is 0 Å². The van der Waals surface area contributed by atoms with Gasteiger partial charge in [-0.05, 0) is 50.4 Å². The van der Waals surface area contributed by atoms with E-state index in [0.717, 1.165) is 26.7 Å². The van der Waals surface area contributed by atoms with E-state index in [1.54, 1.807) is 0 Å². The summed E-state index contributed by atoms with van der Waals surface area (Å²) < 4.78 is 0. The Morgan fingerprint density at radius 3 is 1.14 bits per heavy atom. The molecule has 0 radical (unpaired) electrons. The number of hydrogen-bond donors (Lipinski definition) is 0. The van der Waals surface area contributed by atoms with Gasteiger partial charge in [-0.25, -0.2) is 0 Å². The Hall–Kier alpha value is 0.574. The summed E-state index contributed by atoms with van der Waals surface area (Å²) in [4.78, 5) is 14.6. The standard InChI is InChI=1S/C14H33N6Si.Li/c1-15-9-17(3)13(18(4)10-15)21(7,8)14-19(5)11-16(2)12-20(14)6;/h13-14H,7,9-12H2,1-6,8H3;/q-1;+1. The molecule has 2 rings (SSSR count). The summed E-state index contributed by atoms with van der Waals surface area (Å²) in [5.74, 6) is 0.930. The molecule has 2 heterocycles. The fourth-order valence-corrected chi connectivity index (χ4v) is 9.36. The van der Waals surface area contributed by atoms with Gasteiger partial charge in [0.25, 0.3) is 0 Å². The zero-order chi connectivity index (χ0) is 15.9. The van der Waals surface area contributed by atoms with Crippen LogP contribution < -0.4 is 18.9 Å². The first-order valence-corrected chi connectivity index (χ1v) is 10.5. The van der Waals surface area contributed by atoms with Crippen molar-refractivity contribution in [2.75, 3.05) is 69.0 Å². The van der Waals surface area contributed by atoms with Crippen molar-refractivity contribution in [3.8, 4) is 0 Å². The second-order valence-electron chi connectivity index (χ2n) is 7.56. The minimum absolute atomic E-state index is 0. The summed E-state index contributed by atoms with van der Waals surface area (Å²) in [6.45, 7) is 11.3. The van der Waals surface area contributed by atoms with Crippen LogP contribution in [0.15, 0.2) is 0 Å². The first-order valence-electron chi connectivity index (χ1n) is 7.68. The molecule has 0 N–H and O–H groups in total. The molecule has 2 saturated heterocycles. The maximum Gasteiger partial charge on any atom is 1.00 e. The minimum atomic E-state index is -1.81. The first kappa shape index (κ1) is 20.6. The van der Waals surface area contributed by atoms with Crippen LogP contribution in [-0.2, 0) is 0 Å². The van der Waals surface area contributed by atoms with Crippen molar-refractivity contribution in [3.63, 3.8) is 0 Å². The molecule has 6 nitrogen and oxygen atoms in total. The van der Waals surface area contributed by atoms with Gasteiger partial charge in [0.2, 0.25) is 0 Å². The van der Waals surface area contributed by atoms with Crippen molar-refractivity contribution in [1.82, 2.24) is 29.4 Å². The Morgan fingerprint density at radius 1 is 0.682 bits per heavy atom. The summed E-state index contributed by atoms with van der Waals surface area (Å²) in [5.41, 5.74) is 0. The molecule has 2 aliphatic rings. The molecule has 0 bridgehead atoms. The van der Waals surface area contributed by atoms with Crippen molar-refractivity contribution in [2.24, 2.45) is 0 Å². The Bertz CT molecular complexity index is 315. The second kappa shape index (κ2) is 7.64. The van der Waals surface area contributed by atoms with Crippen LogP contribution in [0.2, 0.25) is 6.55 Å². The van der Waals surface area contributed by atoms with E-state index in [-0.39, 0.29) is 18.9 Å². The Kier molecular flexibility index (Phi) is 7.16. The molecule has 8 heteroatoms. The van der Waals surface area contributed by atoms with Crippen LogP contribution in [-0.4, -0.2) is 118 Å². The maximum absolute atomic E-state index is 4.80. The van der Waals surface area contributed by atoms with Gasteiger partial charge in [0, 0.05) is 11.6 Å². The zero-order valence-electron chi connectivity index (χ0n) is 15.9. The summed E-state index contributed by atoms with van der Waals surface area (Å²) >= 11 is 0. The fraction of sp³-hybridized carbons (Fsp3) is 0.929. The van der Waals surface area contributed by atoms with Gasteiger partial charge >= 0.3 is 18.9 Å². The van der Waals surface area contributed by atoms with E-state index >= 15 is 0 Å². The van der Waals surface area contributed by atoms with E-state index in [1.165, 1.54) is 0 Å². The van der Waals surface area contributed by atoms with Crippen LogP contribution in [0.4, 0.5) is 0 Å². The van der Waals surface area contributed by atoms with E-state index in [4.69, 9.17) is 6.55 Å². The van der Waals surface area contributed by atoms with Gasteiger partial charge in [-0.15, -0.1) is 0 Å². The minimum Gasteiger partial charge on any atom is -0.337 e. The molecule has 0 saturated carbocycles. The SMILES string of the molecule is [CH2-][Si](C)(C1N(C)CN(C)CN1C)C1N(C)CN(C)CN1C.[Li+]. The molecular formula is C14H33LiN6Si. The molecule has 2 aliphatic heterocycles. The number of hydrogen-bond acceptors (Lipinski definition) is 6. The van der Waals surface area contributed by atoms with E-state index in [0.29, 0.717) is 11.6 Å². The summed E-state index contributed by atoms with van der Waals surface area (Å²) in [6.07, 6.45) is 0. The molecule has 0 spiro atoms. The fourth-order valence-electron chi connectivity index (χ4n) is 4.74. The third-order valence-electron chi connectivity index (χ3n) is 4.71. The quantitative estimate of drug-likeness (QED) is 0.388. The smallest absolute Gasteiger partial charge is 0.337 e. The maximum atomic E-state index is 4.80. The van der Waals surface area contributed by atoms with Crippen LogP contribution in [0.5, 0.6) is 0 Å². The summed E-state index contributed by atoms with van der Waals surface area (Å²) in [7, 11) is 11.5. The molecular weight excluding hydrogens is 287 g/mol. The molecule has 0 aromatic heterocycles. The third kappa shape index (κ3) is 3.97. The topological polar surface area (TPSA) is 19.4 Å². The molecule has 124 valence electrons. The van der Waals surface area contributed by atoms with Gasteiger partial charge < -0.3 is 6.55 Å².